The molecule has 2 atom stereocenters. The Balaban J connectivity index is 1.62. The van der Waals surface area contributed by atoms with Crippen molar-refractivity contribution in [3.63, 3.8) is 0 Å². The maximum Gasteiger partial charge on any atom is 0.239 e. The molecule has 0 radical (unpaired) electrons. The third kappa shape index (κ3) is 2.07. The summed E-state index contributed by atoms with van der Waals surface area (Å²) in [7, 11) is 0. The normalized spacial score (nSPS) is 28.4. The van der Waals surface area contributed by atoms with Crippen molar-refractivity contribution in [1.29, 1.82) is 0 Å². The number of halogens is 1. The molecule has 3 nitrogen and oxygen atoms in total. The largest absolute Gasteiger partial charge is 0.274 e. The Labute approximate surface area is 188 Å². The molecule has 5 heteroatoms. The Morgan fingerprint density at radius 3 is 2.10 bits per heavy atom. The minimum atomic E-state index is -0.822. The Kier molecular flexibility index (Phi) is 3.73. The number of imide groups is 1. The standard InChI is InChI=1S/C25H18BrNO2S/c1-13-12-14(26)10-11-19(13)27-23(28)21-20-15-6-2-4-8-17(15)25(30,22(21)24(27)29)18-9-5-3-7-16(18)20/h2-12,20-22,30H,1H3. The first kappa shape index (κ1) is 18.4. The number of thiol groups is 1. The van der Waals surface area contributed by atoms with E-state index in [2.05, 4.69) is 40.2 Å². The number of hydrogen-bond acceptors (Lipinski definition) is 3. The van der Waals surface area contributed by atoms with E-state index < -0.39 is 16.6 Å². The van der Waals surface area contributed by atoms with Crippen LogP contribution in [0.25, 0.3) is 0 Å². The molecule has 0 N–H and O–H groups in total. The minimum absolute atomic E-state index is 0.122. The summed E-state index contributed by atoms with van der Waals surface area (Å²) in [5.41, 5.74) is 5.88. The van der Waals surface area contributed by atoms with E-state index in [0.29, 0.717) is 5.69 Å². The summed E-state index contributed by atoms with van der Waals surface area (Å²) in [5.74, 6) is -1.37. The summed E-state index contributed by atoms with van der Waals surface area (Å²) in [5, 5.41) is 0. The average Bonchev–Trinajstić information content (AvgIpc) is 3.01. The second kappa shape index (κ2) is 6.08. The SMILES string of the molecule is Cc1cc(Br)ccc1N1C(=O)C2C3c4ccccc4C(S)(c4ccccc43)C2C1=O. The summed E-state index contributed by atoms with van der Waals surface area (Å²) >= 11 is 8.68. The molecule has 1 aliphatic heterocycles. The van der Waals surface area contributed by atoms with Gasteiger partial charge in [0.05, 0.1) is 22.3 Å². The lowest BCUT2D eigenvalue weighted by molar-refractivity contribution is -0.122. The number of aryl methyl sites for hydroxylation is 1. The Bertz CT molecular complexity index is 1220. The number of carbonyl (C=O) groups is 2. The van der Waals surface area contributed by atoms with E-state index in [1.165, 1.54) is 4.90 Å². The molecule has 2 unspecified atom stereocenters. The lowest BCUT2D eigenvalue weighted by Crippen LogP contribution is -2.50. The number of benzene rings is 3. The van der Waals surface area contributed by atoms with E-state index in [1.54, 1.807) is 0 Å². The van der Waals surface area contributed by atoms with Crippen molar-refractivity contribution in [3.05, 3.63) is 99.0 Å². The van der Waals surface area contributed by atoms with Gasteiger partial charge in [-0.3, -0.25) is 9.59 Å². The van der Waals surface area contributed by atoms with Gasteiger partial charge in [-0.05, 0) is 52.9 Å². The molecule has 1 fully saturated rings. The van der Waals surface area contributed by atoms with Crippen LogP contribution in [0.4, 0.5) is 5.69 Å². The molecule has 30 heavy (non-hydrogen) atoms. The van der Waals surface area contributed by atoms with Crippen molar-refractivity contribution < 1.29 is 9.59 Å². The van der Waals surface area contributed by atoms with Gasteiger partial charge >= 0.3 is 0 Å². The second-order valence-electron chi connectivity index (χ2n) is 8.36. The predicted molar refractivity (Wildman–Crippen MR) is 123 cm³/mol. The fourth-order valence-electron chi connectivity index (χ4n) is 5.84. The van der Waals surface area contributed by atoms with Gasteiger partial charge in [0, 0.05) is 10.4 Å². The first-order valence-corrected chi connectivity index (χ1v) is 11.2. The van der Waals surface area contributed by atoms with Gasteiger partial charge in [0.15, 0.2) is 0 Å². The molecule has 0 aromatic heterocycles. The topological polar surface area (TPSA) is 37.4 Å². The van der Waals surface area contributed by atoms with Gasteiger partial charge in [-0.1, -0.05) is 64.5 Å². The van der Waals surface area contributed by atoms with Crippen molar-refractivity contribution in [3.8, 4) is 0 Å². The average molecular weight is 476 g/mol. The molecule has 2 amide bonds. The van der Waals surface area contributed by atoms with Crippen LogP contribution in [0.15, 0.2) is 71.2 Å². The van der Waals surface area contributed by atoms with Crippen molar-refractivity contribution in [2.24, 2.45) is 11.8 Å². The molecular formula is C25H18BrNO2S. The zero-order valence-corrected chi connectivity index (χ0v) is 18.7. The van der Waals surface area contributed by atoms with Gasteiger partial charge in [-0.2, -0.15) is 12.6 Å². The predicted octanol–water partition coefficient (Wildman–Crippen LogP) is 5.20. The number of amides is 2. The molecule has 2 bridgehead atoms. The third-order valence-corrected chi connectivity index (χ3v) is 8.23. The van der Waals surface area contributed by atoms with E-state index in [4.69, 9.17) is 12.6 Å². The highest BCUT2D eigenvalue weighted by molar-refractivity contribution is 9.10. The molecule has 4 aliphatic rings. The van der Waals surface area contributed by atoms with Gasteiger partial charge in [0.2, 0.25) is 11.8 Å². The van der Waals surface area contributed by atoms with Crippen molar-refractivity contribution in [2.45, 2.75) is 17.6 Å². The van der Waals surface area contributed by atoms with Gasteiger partial charge in [0.25, 0.3) is 0 Å². The highest BCUT2D eigenvalue weighted by Crippen LogP contribution is 2.65. The summed E-state index contributed by atoms with van der Waals surface area (Å²) in [6.45, 7) is 1.93. The number of anilines is 1. The zero-order chi connectivity index (χ0) is 20.8. The molecule has 1 heterocycles. The molecule has 3 aliphatic carbocycles. The zero-order valence-electron chi connectivity index (χ0n) is 16.2. The maximum atomic E-state index is 13.8. The van der Waals surface area contributed by atoms with Crippen LogP contribution in [0.2, 0.25) is 0 Å². The van der Waals surface area contributed by atoms with Crippen LogP contribution in [0.3, 0.4) is 0 Å². The van der Waals surface area contributed by atoms with Gasteiger partial charge < -0.3 is 0 Å². The third-order valence-electron chi connectivity index (χ3n) is 6.97. The molecule has 3 aromatic rings. The van der Waals surface area contributed by atoms with Crippen LogP contribution in [0, 0.1) is 18.8 Å². The maximum absolute atomic E-state index is 13.8. The Morgan fingerprint density at radius 2 is 1.50 bits per heavy atom. The van der Waals surface area contributed by atoms with Crippen LogP contribution in [0.1, 0.15) is 33.7 Å². The Morgan fingerprint density at radius 1 is 0.900 bits per heavy atom. The molecule has 0 saturated carbocycles. The van der Waals surface area contributed by atoms with Crippen LogP contribution >= 0.6 is 28.6 Å². The van der Waals surface area contributed by atoms with Crippen LogP contribution in [0.5, 0.6) is 0 Å². The van der Waals surface area contributed by atoms with Gasteiger partial charge in [-0.25, -0.2) is 4.90 Å². The highest BCUT2D eigenvalue weighted by atomic mass is 79.9. The van der Waals surface area contributed by atoms with E-state index in [1.807, 2.05) is 49.4 Å². The van der Waals surface area contributed by atoms with Crippen LogP contribution in [-0.4, -0.2) is 11.8 Å². The summed E-state index contributed by atoms with van der Waals surface area (Å²) in [4.78, 5) is 29.1. The van der Waals surface area contributed by atoms with E-state index >= 15 is 0 Å². The van der Waals surface area contributed by atoms with E-state index in [0.717, 1.165) is 32.3 Å². The smallest absolute Gasteiger partial charge is 0.239 e. The summed E-state index contributed by atoms with van der Waals surface area (Å²) in [6, 6.07) is 22.0. The summed E-state index contributed by atoms with van der Waals surface area (Å²) < 4.78 is 0.1000. The number of rotatable bonds is 1. The molecule has 1 saturated heterocycles. The van der Waals surface area contributed by atoms with E-state index in [9.17, 15) is 9.59 Å². The second-order valence-corrected chi connectivity index (χ2v) is 9.99. The van der Waals surface area contributed by atoms with Crippen molar-refractivity contribution in [2.75, 3.05) is 4.90 Å². The first-order valence-electron chi connectivity index (χ1n) is 9.99. The fraction of sp³-hybridized carbons (Fsp3) is 0.200. The van der Waals surface area contributed by atoms with Crippen LogP contribution in [-0.2, 0) is 14.3 Å². The lowest BCUT2D eigenvalue weighted by Gasteiger charge is -2.51. The number of nitrogens with zero attached hydrogens (tertiary/aromatic N) is 1. The fourth-order valence-corrected chi connectivity index (χ4v) is 6.99. The molecule has 3 aromatic carbocycles. The quantitative estimate of drug-likeness (QED) is 0.388. The van der Waals surface area contributed by atoms with Gasteiger partial charge in [-0.15, -0.1) is 0 Å². The Hall–Kier alpha value is -2.37. The van der Waals surface area contributed by atoms with Crippen molar-refractivity contribution >= 4 is 46.1 Å². The highest BCUT2D eigenvalue weighted by Gasteiger charge is 2.67. The number of carbonyl (C=O) groups excluding carboxylic acids is 2. The van der Waals surface area contributed by atoms with Crippen LogP contribution < -0.4 is 4.90 Å². The number of hydrogen-bond donors (Lipinski definition) is 1. The monoisotopic (exact) mass is 475 g/mol. The van der Waals surface area contributed by atoms with E-state index in [-0.39, 0.29) is 17.7 Å². The molecule has 0 spiro atoms. The molecule has 7 rings (SSSR count). The van der Waals surface area contributed by atoms with Gasteiger partial charge in [0.1, 0.15) is 0 Å². The minimum Gasteiger partial charge on any atom is -0.274 e. The van der Waals surface area contributed by atoms with Crippen molar-refractivity contribution in [1.82, 2.24) is 0 Å². The molecular weight excluding hydrogens is 458 g/mol. The summed E-state index contributed by atoms with van der Waals surface area (Å²) in [6.07, 6.45) is 0. The molecule has 148 valence electrons. The first-order chi connectivity index (χ1) is 14.4. The lowest BCUT2D eigenvalue weighted by atomic mass is 9.54.